The maximum atomic E-state index is 14.4. The predicted octanol–water partition coefficient (Wildman–Crippen LogP) is 2.13. The van der Waals surface area contributed by atoms with Crippen molar-refractivity contribution in [3.05, 3.63) is 29.6 Å². The van der Waals surface area contributed by atoms with Crippen LogP contribution in [0.5, 0.6) is 0 Å². The van der Waals surface area contributed by atoms with Gasteiger partial charge in [-0.15, -0.1) is 0 Å². The number of rotatable bonds is 6. The van der Waals surface area contributed by atoms with E-state index in [0.29, 0.717) is 25.4 Å². The minimum absolute atomic E-state index is 0.180. The summed E-state index contributed by atoms with van der Waals surface area (Å²) in [5.74, 6) is 1.42. The van der Waals surface area contributed by atoms with Gasteiger partial charge in [0.15, 0.2) is 5.96 Å². The van der Waals surface area contributed by atoms with Gasteiger partial charge >= 0.3 is 0 Å². The van der Waals surface area contributed by atoms with E-state index in [1.807, 2.05) is 24.0 Å². The number of morpholine rings is 1. The van der Waals surface area contributed by atoms with E-state index in [4.69, 9.17) is 4.74 Å². The van der Waals surface area contributed by atoms with E-state index in [2.05, 4.69) is 15.6 Å². The summed E-state index contributed by atoms with van der Waals surface area (Å²) in [5.41, 5.74) is 1.54. The molecule has 1 aromatic rings. The van der Waals surface area contributed by atoms with E-state index in [1.54, 1.807) is 6.07 Å². The third-order valence-corrected chi connectivity index (χ3v) is 4.38. The van der Waals surface area contributed by atoms with Crippen LogP contribution in [0.3, 0.4) is 0 Å². The number of guanidine groups is 1. The Morgan fingerprint density at radius 2 is 2.08 bits per heavy atom. The van der Waals surface area contributed by atoms with Crippen molar-refractivity contribution in [2.24, 2.45) is 10.9 Å². The van der Waals surface area contributed by atoms with Gasteiger partial charge in [0.1, 0.15) is 5.82 Å². The number of halogens is 1. The Hall–Kier alpha value is -1.82. The number of ether oxygens (including phenoxy) is 1. The van der Waals surface area contributed by atoms with E-state index in [-0.39, 0.29) is 5.82 Å². The average molecular weight is 334 g/mol. The van der Waals surface area contributed by atoms with Crippen molar-refractivity contribution in [1.29, 1.82) is 0 Å². The fourth-order valence-electron chi connectivity index (χ4n) is 2.78. The highest BCUT2D eigenvalue weighted by molar-refractivity contribution is 5.79. The molecular weight excluding hydrogens is 307 g/mol. The van der Waals surface area contributed by atoms with Gasteiger partial charge in [0, 0.05) is 26.2 Å². The Kier molecular flexibility index (Phi) is 5.91. The summed E-state index contributed by atoms with van der Waals surface area (Å²) in [6.45, 7) is 7.10. The smallest absolute Gasteiger partial charge is 0.191 e. The van der Waals surface area contributed by atoms with Crippen LogP contribution in [-0.4, -0.2) is 45.4 Å². The zero-order valence-electron chi connectivity index (χ0n) is 14.4. The largest absolute Gasteiger partial charge is 0.378 e. The Bertz CT molecular complexity index is 568. The predicted molar refractivity (Wildman–Crippen MR) is 95.0 cm³/mol. The van der Waals surface area contributed by atoms with Crippen LogP contribution in [0.15, 0.2) is 23.2 Å². The molecule has 6 heteroatoms. The van der Waals surface area contributed by atoms with E-state index in [9.17, 15) is 4.39 Å². The fourth-order valence-corrected chi connectivity index (χ4v) is 2.78. The summed E-state index contributed by atoms with van der Waals surface area (Å²) < 4.78 is 19.7. The standard InChI is InChI=1S/C18H27FN4O/c1-2-20-18(21-12-14-3-4-14)22-13-15-5-6-17(16(19)11-15)23-7-9-24-10-8-23/h5-6,11,14H,2-4,7-10,12-13H2,1H3,(H2,20,21,22). The average Bonchev–Trinajstić information content (AvgIpc) is 3.42. The first-order chi connectivity index (χ1) is 11.8. The molecule has 0 bridgehead atoms. The molecule has 2 N–H and O–H groups in total. The first-order valence-corrected chi connectivity index (χ1v) is 8.89. The summed E-state index contributed by atoms with van der Waals surface area (Å²) in [4.78, 5) is 6.60. The van der Waals surface area contributed by atoms with Crippen LogP contribution < -0.4 is 15.5 Å². The highest BCUT2D eigenvalue weighted by Crippen LogP contribution is 2.27. The molecule has 0 aromatic heterocycles. The SMILES string of the molecule is CCNC(=NCc1ccc(N2CCOCC2)c(F)c1)NCC1CC1. The molecule has 1 saturated heterocycles. The lowest BCUT2D eigenvalue weighted by atomic mass is 10.1. The maximum absolute atomic E-state index is 14.4. The van der Waals surface area contributed by atoms with Gasteiger partial charge in [0.2, 0.25) is 0 Å². The lowest BCUT2D eigenvalue weighted by Crippen LogP contribution is -2.38. The van der Waals surface area contributed by atoms with Gasteiger partial charge in [-0.25, -0.2) is 9.38 Å². The zero-order valence-corrected chi connectivity index (χ0v) is 14.4. The lowest BCUT2D eigenvalue weighted by molar-refractivity contribution is 0.122. The van der Waals surface area contributed by atoms with Crippen LogP contribution in [0.25, 0.3) is 0 Å². The summed E-state index contributed by atoms with van der Waals surface area (Å²) in [6, 6.07) is 5.41. The summed E-state index contributed by atoms with van der Waals surface area (Å²) in [7, 11) is 0. The van der Waals surface area contributed by atoms with Crippen LogP contribution in [-0.2, 0) is 11.3 Å². The molecule has 0 atom stereocenters. The second kappa shape index (κ2) is 8.33. The first kappa shape index (κ1) is 17.0. The third-order valence-electron chi connectivity index (χ3n) is 4.38. The second-order valence-corrected chi connectivity index (χ2v) is 6.40. The Morgan fingerprint density at radius 3 is 2.75 bits per heavy atom. The van der Waals surface area contributed by atoms with Gasteiger partial charge in [-0.3, -0.25) is 0 Å². The van der Waals surface area contributed by atoms with E-state index in [1.165, 1.54) is 12.8 Å². The summed E-state index contributed by atoms with van der Waals surface area (Å²) in [5, 5.41) is 6.59. The normalized spacial score (nSPS) is 18.6. The van der Waals surface area contributed by atoms with E-state index >= 15 is 0 Å². The van der Waals surface area contributed by atoms with Crippen molar-refractivity contribution in [3.63, 3.8) is 0 Å². The minimum Gasteiger partial charge on any atom is -0.378 e. The molecule has 0 spiro atoms. The molecule has 2 aliphatic rings. The van der Waals surface area contributed by atoms with Crippen molar-refractivity contribution in [1.82, 2.24) is 10.6 Å². The second-order valence-electron chi connectivity index (χ2n) is 6.40. The number of aliphatic imine (C=N–C) groups is 1. The molecule has 24 heavy (non-hydrogen) atoms. The molecule has 5 nitrogen and oxygen atoms in total. The van der Waals surface area contributed by atoms with E-state index < -0.39 is 0 Å². The monoisotopic (exact) mass is 334 g/mol. The number of hydrogen-bond donors (Lipinski definition) is 2. The van der Waals surface area contributed by atoms with Crippen molar-refractivity contribution in [2.45, 2.75) is 26.3 Å². The molecule has 132 valence electrons. The third kappa shape index (κ3) is 4.84. The Morgan fingerprint density at radius 1 is 1.29 bits per heavy atom. The molecule has 1 aliphatic carbocycles. The number of nitrogens with zero attached hydrogens (tertiary/aromatic N) is 2. The van der Waals surface area contributed by atoms with Gasteiger partial charge in [-0.05, 0) is 43.4 Å². The van der Waals surface area contributed by atoms with Crippen LogP contribution in [0.1, 0.15) is 25.3 Å². The van der Waals surface area contributed by atoms with Crippen LogP contribution in [0.2, 0.25) is 0 Å². The van der Waals surface area contributed by atoms with Gasteiger partial charge in [0.25, 0.3) is 0 Å². The highest BCUT2D eigenvalue weighted by Gasteiger charge is 2.21. The van der Waals surface area contributed by atoms with Crippen molar-refractivity contribution in [2.75, 3.05) is 44.3 Å². The lowest BCUT2D eigenvalue weighted by Gasteiger charge is -2.29. The minimum atomic E-state index is -0.180. The van der Waals surface area contributed by atoms with Crippen LogP contribution >= 0.6 is 0 Å². The molecule has 0 amide bonds. The van der Waals surface area contributed by atoms with Gasteiger partial charge < -0.3 is 20.3 Å². The topological polar surface area (TPSA) is 48.9 Å². The molecule has 3 rings (SSSR count). The van der Waals surface area contributed by atoms with Crippen molar-refractivity contribution < 1.29 is 9.13 Å². The molecule has 0 radical (unpaired) electrons. The first-order valence-electron chi connectivity index (χ1n) is 8.89. The number of anilines is 1. The van der Waals surface area contributed by atoms with Gasteiger partial charge in [0.05, 0.1) is 25.4 Å². The maximum Gasteiger partial charge on any atom is 0.191 e. The quantitative estimate of drug-likeness (QED) is 0.618. The number of nitrogens with one attached hydrogen (secondary N) is 2. The Balaban J connectivity index is 1.60. The van der Waals surface area contributed by atoms with Gasteiger partial charge in [-0.1, -0.05) is 6.07 Å². The molecule has 1 aliphatic heterocycles. The van der Waals surface area contributed by atoms with Crippen LogP contribution in [0.4, 0.5) is 10.1 Å². The van der Waals surface area contributed by atoms with Gasteiger partial charge in [-0.2, -0.15) is 0 Å². The van der Waals surface area contributed by atoms with E-state index in [0.717, 1.165) is 43.6 Å². The zero-order chi connectivity index (χ0) is 16.8. The fraction of sp³-hybridized carbons (Fsp3) is 0.611. The van der Waals surface area contributed by atoms with Crippen molar-refractivity contribution in [3.8, 4) is 0 Å². The number of hydrogen-bond acceptors (Lipinski definition) is 3. The van der Waals surface area contributed by atoms with Crippen molar-refractivity contribution >= 4 is 11.6 Å². The highest BCUT2D eigenvalue weighted by atomic mass is 19.1. The molecule has 1 aromatic carbocycles. The summed E-state index contributed by atoms with van der Waals surface area (Å²) in [6.07, 6.45) is 2.61. The summed E-state index contributed by atoms with van der Waals surface area (Å²) >= 11 is 0. The Labute approximate surface area is 143 Å². The van der Waals surface area contributed by atoms with Crippen LogP contribution in [0, 0.1) is 11.7 Å². The number of benzene rings is 1. The molecule has 2 fully saturated rings. The molecular formula is C18H27FN4O. The molecule has 0 unspecified atom stereocenters. The molecule has 1 heterocycles. The molecule has 1 saturated carbocycles.